The molecule has 0 saturated heterocycles. The third-order valence-corrected chi connectivity index (χ3v) is 10.7. The van der Waals surface area contributed by atoms with E-state index in [0.717, 1.165) is 74.4 Å². The molecule has 0 bridgehead atoms. The zero-order chi connectivity index (χ0) is 54.7. The van der Waals surface area contributed by atoms with Crippen molar-refractivity contribution in [2.45, 2.75) is 208 Å². The molecule has 0 aromatic carbocycles. The van der Waals surface area contributed by atoms with Gasteiger partial charge in [0.05, 0.1) is 0 Å². The van der Waals surface area contributed by atoms with E-state index in [1.165, 1.54) is 16.7 Å². The van der Waals surface area contributed by atoms with Crippen LogP contribution in [0.2, 0.25) is 0 Å². The van der Waals surface area contributed by atoms with Crippen LogP contribution in [0.25, 0.3) is 0 Å². The second kappa shape index (κ2) is 34.8. The predicted molar refractivity (Wildman–Crippen MR) is 302 cm³/mol. The molecule has 0 N–H and O–H groups in total. The SMILES string of the molecule is C.CC(C)c1ccncn1.Cc1cc(C(C)C)nc(C)n1.Cc1cc(C(C)C)ncn1.Cc1cncnc1C(C)C.Cc1ncc(C)c(C(C)C)n1.Cc1nccc(C(C)C)n1.Cc1ncnc(C(C)C)c1C. The van der Waals surface area contributed by atoms with E-state index in [2.05, 4.69) is 181 Å². The van der Waals surface area contributed by atoms with Crippen molar-refractivity contribution >= 4 is 0 Å². The van der Waals surface area contributed by atoms with Gasteiger partial charge in [-0.3, -0.25) is 0 Å². The number of aryl methyl sites for hydroxylation is 8. The Hall–Kier alpha value is -6.44. The van der Waals surface area contributed by atoms with Crippen LogP contribution in [0, 0.1) is 62.3 Å². The Balaban J connectivity index is 0.000000827. The average Bonchev–Trinajstić information content (AvgIpc) is 3.32. The molecule has 0 amide bonds. The molecule has 73 heavy (non-hydrogen) atoms. The largest absolute Gasteiger partial charge is 0.245 e. The summed E-state index contributed by atoms with van der Waals surface area (Å²) in [7, 11) is 0. The Morgan fingerprint density at radius 3 is 1.22 bits per heavy atom. The molecule has 7 aromatic heterocycles. The van der Waals surface area contributed by atoms with Crippen molar-refractivity contribution in [3.63, 3.8) is 0 Å². The van der Waals surface area contributed by atoms with Crippen molar-refractivity contribution in [3.05, 3.63) is 165 Å². The number of nitrogens with zero attached hydrogens (tertiary/aromatic N) is 14. The topological polar surface area (TPSA) is 180 Å². The van der Waals surface area contributed by atoms with E-state index < -0.39 is 0 Å². The lowest BCUT2D eigenvalue weighted by Crippen LogP contribution is -2.00. The molecule has 14 nitrogen and oxygen atoms in total. The second-order valence-corrected chi connectivity index (χ2v) is 19.9. The summed E-state index contributed by atoms with van der Waals surface area (Å²) in [6, 6.07) is 7.95. The van der Waals surface area contributed by atoms with Crippen LogP contribution in [0.15, 0.2) is 74.4 Å². The molecular weight excluding hydrogens is 905 g/mol. The highest BCUT2D eigenvalue weighted by Crippen LogP contribution is 2.18. The monoisotopic (exact) mass is 997 g/mol. The van der Waals surface area contributed by atoms with Gasteiger partial charge in [0.25, 0.3) is 0 Å². The van der Waals surface area contributed by atoms with Crippen molar-refractivity contribution in [1.82, 2.24) is 69.8 Å². The lowest BCUT2D eigenvalue weighted by molar-refractivity contribution is 0.789. The summed E-state index contributed by atoms with van der Waals surface area (Å²) < 4.78 is 0. The molecule has 0 fully saturated rings. The fraction of sp³-hybridized carbons (Fsp3) is 0.525. The van der Waals surface area contributed by atoms with Crippen LogP contribution in [0.1, 0.15) is 237 Å². The quantitative estimate of drug-likeness (QED) is 0.147. The minimum atomic E-state index is 0. The van der Waals surface area contributed by atoms with Crippen LogP contribution in [-0.4, -0.2) is 69.8 Å². The molecule has 14 heteroatoms. The zero-order valence-electron chi connectivity index (χ0n) is 48.2. The van der Waals surface area contributed by atoms with Gasteiger partial charge in [-0.05, 0) is 145 Å². The predicted octanol–water partition coefficient (Wildman–Crippen LogP) is 14.6. The molecule has 0 saturated carbocycles. The van der Waals surface area contributed by atoms with E-state index >= 15 is 0 Å². The molecule has 0 aliphatic rings. The first-order chi connectivity index (χ1) is 33.7. The summed E-state index contributed by atoms with van der Waals surface area (Å²) in [5.74, 6) is 6.09. The molecule has 0 aliphatic heterocycles. The minimum Gasteiger partial charge on any atom is -0.245 e. The number of hydrogen-bond acceptors (Lipinski definition) is 14. The van der Waals surface area contributed by atoms with Gasteiger partial charge in [-0.15, -0.1) is 0 Å². The molecule has 7 rings (SSSR count). The van der Waals surface area contributed by atoms with Gasteiger partial charge in [0.15, 0.2) is 0 Å². The number of hydrogen-bond donors (Lipinski definition) is 0. The normalized spacial score (nSPS) is 10.3. The van der Waals surface area contributed by atoms with Gasteiger partial charge in [-0.2, -0.15) is 0 Å². The maximum Gasteiger partial charge on any atom is 0.125 e. The highest BCUT2D eigenvalue weighted by molar-refractivity contribution is 5.24. The Kier molecular flexibility index (Phi) is 31.8. The van der Waals surface area contributed by atoms with Gasteiger partial charge >= 0.3 is 0 Å². The zero-order valence-corrected chi connectivity index (χ0v) is 48.2. The van der Waals surface area contributed by atoms with Crippen LogP contribution in [0.3, 0.4) is 0 Å². The molecule has 7 heterocycles. The Bertz CT molecular complexity index is 2510. The first-order valence-electron chi connectivity index (χ1n) is 25.3. The maximum absolute atomic E-state index is 4.36. The highest BCUT2D eigenvalue weighted by atomic mass is 14.9. The van der Waals surface area contributed by atoms with E-state index in [4.69, 9.17) is 0 Å². The number of rotatable bonds is 7. The first kappa shape index (κ1) is 66.6. The maximum atomic E-state index is 4.36. The molecule has 7 aromatic rings. The van der Waals surface area contributed by atoms with Crippen LogP contribution in [0.4, 0.5) is 0 Å². The van der Waals surface area contributed by atoms with E-state index in [0.29, 0.717) is 41.4 Å². The van der Waals surface area contributed by atoms with Crippen LogP contribution < -0.4 is 0 Å². The van der Waals surface area contributed by atoms with Crippen LogP contribution in [0.5, 0.6) is 0 Å². The van der Waals surface area contributed by atoms with E-state index in [-0.39, 0.29) is 7.43 Å². The van der Waals surface area contributed by atoms with Gasteiger partial charge in [0.2, 0.25) is 0 Å². The Morgan fingerprint density at radius 2 is 0.808 bits per heavy atom. The smallest absolute Gasteiger partial charge is 0.125 e. The molecule has 398 valence electrons. The van der Waals surface area contributed by atoms with Crippen molar-refractivity contribution in [2.24, 2.45) is 0 Å². The fourth-order valence-electron chi connectivity index (χ4n) is 6.55. The summed E-state index contributed by atoms with van der Waals surface area (Å²) in [5, 5.41) is 0. The second-order valence-electron chi connectivity index (χ2n) is 19.9. The van der Waals surface area contributed by atoms with E-state index in [1.807, 2.05) is 85.1 Å². The first-order valence-corrected chi connectivity index (χ1v) is 25.3. The lowest BCUT2D eigenvalue weighted by Gasteiger charge is -2.08. The molecule has 0 aliphatic carbocycles. The van der Waals surface area contributed by atoms with E-state index in [1.54, 1.807) is 37.7 Å². The summed E-state index contributed by atoms with van der Waals surface area (Å²) in [6.07, 6.45) is 13.7. The van der Waals surface area contributed by atoms with Crippen molar-refractivity contribution in [1.29, 1.82) is 0 Å². The van der Waals surface area contributed by atoms with Crippen molar-refractivity contribution in [3.8, 4) is 0 Å². The van der Waals surface area contributed by atoms with Gasteiger partial charge in [-0.25, -0.2) is 69.8 Å². The van der Waals surface area contributed by atoms with Gasteiger partial charge < -0.3 is 0 Å². The van der Waals surface area contributed by atoms with Crippen molar-refractivity contribution in [2.75, 3.05) is 0 Å². The average molecular weight is 997 g/mol. The fourth-order valence-corrected chi connectivity index (χ4v) is 6.55. The van der Waals surface area contributed by atoms with Crippen LogP contribution in [-0.2, 0) is 0 Å². The summed E-state index contributed by atoms with van der Waals surface area (Å²) >= 11 is 0. The minimum absolute atomic E-state index is 0. The molecular formula is C59H92N14. The Morgan fingerprint density at radius 1 is 0.329 bits per heavy atom. The Labute approximate surface area is 441 Å². The van der Waals surface area contributed by atoms with Crippen molar-refractivity contribution < 1.29 is 0 Å². The third-order valence-electron chi connectivity index (χ3n) is 10.7. The molecule has 0 spiro atoms. The number of aromatic nitrogens is 14. The molecule has 0 unspecified atom stereocenters. The van der Waals surface area contributed by atoms with Gasteiger partial charge in [0, 0.05) is 81.7 Å². The van der Waals surface area contributed by atoms with Crippen LogP contribution >= 0.6 is 0 Å². The summed E-state index contributed by atoms with van der Waals surface area (Å²) in [6.45, 7) is 47.8. The van der Waals surface area contributed by atoms with E-state index in [9.17, 15) is 0 Å². The highest BCUT2D eigenvalue weighted by Gasteiger charge is 2.08. The van der Waals surface area contributed by atoms with Gasteiger partial charge in [0.1, 0.15) is 42.8 Å². The molecule has 0 radical (unpaired) electrons. The summed E-state index contributed by atoms with van der Waals surface area (Å²) in [4.78, 5) is 57.7. The van der Waals surface area contributed by atoms with Gasteiger partial charge in [-0.1, -0.05) is 104 Å². The summed E-state index contributed by atoms with van der Waals surface area (Å²) in [5.41, 5.74) is 14.7. The molecule has 0 atom stereocenters. The standard InChI is InChI=1S/3C9H14N2.3C8H12N2.C7H10N2.CH4/c1-6(2)9-7(3)8(4)10-5-11-9;1-6(2)9-7(3)5-10-8(4)11-9;1-6(2)9-5-7(3)10-8(4)11-9;1-6(2)8-7(3)4-9-5-10-8;1-6(2)8-4-7(3)9-5-10-8;1-6(2)8-4-5-9-7(3)10-8;1-6(2)7-3-4-8-5-9-7;/h3*5-6H,1-4H3;3*4-6H,1-3H3;3-6H,1-2H3;1H4. The third kappa shape index (κ3) is 26.7. The lowest BCUT2D eigenvalue weighted by atomic mass is 10.0.